The van der Waals surface area contributed by atoms with Crippen LogP contribution in [0.15, 0.2) is 28.7 Å². The van der Waals surface area contributed by atoms with Gasteiger partial charge in [0.1, 0.15) is 11.3 Å². The number of rotatable bonds is 3. The van der Waals surface area contributed by atoms with E-state index in [9.17, 15) is 0 Å². The third-order valence-electron chi connectivity index (χ3n) is 2.15. The lowest BCUT2D eigenvalue weighted by molar-refractivity contribution is 0.574. The highest BCUT2D eigenvalue weighted by molar-refractivity contribution is 7.99. The number of furan rings is 1. The van der Waals surface area contributed by atoms with Gasteiger partial charge in [-0.05, 0) is 23.4 Å². The number of thioether (sulfide) groups is 1. The van der Waals surface area contributed by atoms with E-state index in [1.165, 1.54) is 0 Å². The molecule has 0 spiro atoms. The first-order valence-electron chi connectivity index (χ1n) is 5.04. The quantitative estimate of drug-likeness (QED) is 0.804. The Morgan fingerprint density at radius 1 is 1.33 bits per heavy atom. The number of nitrogen functional groups attached to an aromatic ring is 1. The number of anilines is 1. The SMILES string of the molecule is CC(C)SCc1cc2ccc(N)cc2o1. The molecule has 0 unspecified atom stereocenters. The van der Waals surface area contributed by atoms with E-state index >= 15 is 0 Å². The first-order valence-corrected chi connectivity index (χ1v) is 6.09. The fraction of sp³-hybridized carbons (Fsp3) is 0.333. The normalized spacial score (nSPS) is 11.4. The maximum absolute atomic E-state index is 5.70. The standard InChI is InChI=1S/C12H15NOS/c1-8(2)15-7-11-5-9-3-4-10(13)6-12(9)14-11/h3-6,8H,7,13H2,1-2H3. The van der Waals surface area contributed by atoms with Crippen LogP contribution in [0, 0.1) is 0 Å². The third-order valence-corrected chi connectivity index (χ3v) is 3.27. The van der Waals surface area contributed by atoms with E-state index < -0.39 is 0 Å². The van der Waals surface area contributed by atoms with Crippen LogP contribution < -0.4 is 5.73 Å². The van der Waals surface area contributed by atoms with Gasteiger partial charge in [-0.1, -0.05) is 13.8 Å². The molecule has 0 saturated carbocycles. The van der Waals surface area contributed by atoms with E-state index in [0.717, 1.165) is 28.2 Å². The number of benzene rings is 1. The van der Waals surface area contributed by atoms with Crippen LogP contribution in [0.25, 0.3) is 11.0 Å². The highest BCUT2D eigenvalue weighted by atomic mass is 32.2. The average molecular weight is 221 g/mol. The molecule has 0 aliphatic heterocycles. The highest BCUT2D eigenvalue weighted by Crippen LogP contribution is 2.25. The summed E-state index contributed by atoms with van der Waals surface area (Å²) in [6.45, 7) is 4.37. The van der Waals surface area contributed by atoms with Crippen molar-refractivity contribution >= 4 is 28.4 Å². The van der Waals surface area contributed by atoms with E-state index in [1.807, 2.05) is 30.0 Å². The number of nitrogens with two attached hydrogens (primary N) is 1. The largest absolute Gasteiger partial charge is 0.460 e. The summed E-state index contributed by atoms with van der Waals surface area (Å²) in [5.41, 5.74) is 7.32. The lowest BCUT2D eigenvalue weighted by Gasteiger charge is -2.00. The first-order chi connectivity index (χ1) is 7.15. The summed E-state index contributed by atoms with van der Waals surface area (Å²) in [5, 5.41) is 1.76. The third kappa shape index (κ3) is 2.48. The Labute approximate surface area is 93.8 Å². The molecule has 1 heterocycles. The molecular weight excluding hydrogens is 206 g/mol. The second-order valence-corrected chi connectivity index (χ2v) is 5.43. The summed E-state index contributed by atoms with van der Waals surface area (Å²) >= 11 is 1.88. The second-order valence-electron chi connectivity index (χ2n) is 3.87. The van der Waals surface area contributed by atoms with Gasteiger partial charge in [0.2, 0.25) is 0 Å². The van der Waals surface area contributed by atoms with Crippen LogP contribution in [0.5, 0.6) is 0 Å². The Kier molecular flexibility index (Phi) is 2.91. The Hall–Kier alpha value is -1.09. The number of hydrogen-bond donors (Lipinski definition) is 1. The van der Waals surface area contributed by atoms with Crippen LogP contribution >= 0.6 is 11.8 Å². The van der Waals surface area contributed by atoms with Crippen LogP contribution in [-0.4, -0.2) is 5.25 Å². The lowest BCUT2D eigenvalue weighted by Crippen LogP contribution is -1.86. The summed E-state index contributed by atoms with van der Waals surface area (Å²) in [6.07, 6.45) is 0. The maximum atomic E-state index is 5.70. The lowest BCUT2D eigenvalue weighted by atomic mass is 10.2. The summed E-state index contributed by atoms with van der Waals surface area (Å²) in [4.78, 5) is 0. The zero-order chi connectivity index (χ0) is 10.8. The molecule has 2 N–H and O–H groups in total. The molecule has 80 valence electrons. The molecule has 15 heavy (non-hydrogen) atoms. The molecule has 1 aromatic carbocycles. The highest BCUT2D eigenvalue weighted by Gasteiger charge is 2.04. The fourth-order valence-corrected chi connectivity index (χ4v) is 2.06. The molecule has 0 saturated heterocycles. The molecule has 0 fully saturated rings. The van der Waals surface area contributed by atoms with E-state index in [-0.39, 0.29) is 0 Å². The Morgan fingerprint density at radius 2 is 2.13 bits per heavy atom. The van der Waals surface area contributed by atoms with Crippen molar-refractivity contribution in [1.82, 2.24) is 0 Å². The van der Waals surface area contributed by atoms with Crippen molar-refractivity contribution < 1.29 is 4.42 Å². The van der Waals surface area contributed by atoms with Crippen molar-refractivity contribution in [1.29, 1.82) is 0 Å². The van der Waals surface area contributed by atoms with Gasteiger partial charge in [-0.15, -0.1) is 0 Å². The first kappa shape index (κ1) is 10.4. The predicted molar refractivity (Wildman–Crippen MR) is 67.1 cm³/mol. The molecule has 2 rings (SSSR count). The molecule has 0 amide bonds. The zero-order valence-corrected chi connectivity index (χ0v) is 9.80. The molecule has 3 heteroatoms. The Balaban J connectivity index is 2.23. The summed E-state index contributed by atoms with van der Waals surface area (Å²) in [7, 11) is 0. The van der Waals surface area contributed by atoms with Crippen LogP contribution in [0.4, 0.5) is 5.69 Å². The molecular formula is C12H15NOS. The molecule has 1 aromatic heterocycles. The van der Waals surface area contributed by atoms with Gasteiger partial charge < -0.3 is 10.2 Å². The van der Waals surface area contributed by atoms with Gasteiger partial charge in [0.05, 0.1) is 5.75 Å². The number of fused-ring (bicyclic) bond motifs is 1. The van der Waals surface area contributed by atoms with Crippen molar-refractivity contribution in [2.24, 2.45) is 0 Å². The van der Waals surface area contributed by atoms with Gasteiger partial charge >= 0.3 is 0 Å². The van der Waals surface area contributed by atoms with E-state index in [0.29, 0.717) is 5.25 Å². The van der Waals surface area contributed by atoms with E-state index in [4.69, 9.17) is 10.2 Å². The fourth-order valence-electron chi connectivity index (χ4n) is 1.42. The van der Waals surface area contributed by atoms with Crippen LogP contribution in [-0.2, 0) is 5.75 Å². The van der Waals surface area contributed by atoms with Crippen molar-refractivity contribution in [2.75, 3.05) is 5.73 Å². The minimum Gasteiger partial charge on any atom is -0.460 e. The molecule has 0 aliphatic rings. The maximum Gasteiger partial charge on any atom is 0.136 e. The van der Waals surface area contributed by atoms with Crippen molar-refractivity contribution in [3.63, 3.8) is 0 Å². The smallest absolute Gasteiger partial charge is 0.136 e. The van der Waals surface area contributed by atoms with Crippen LogP contribution in [0.2, 0.25) is 0 Å². The molecule has 0 bridgehead atoms. The Bertz CT molecular complexity index is 462. The van der Waals surface area contributed by atoms with Crippen LogP contribution in [0.3, 0.4) is 0 Å². The minimum absolute atomic E-state index is 0.628. The molecule has 0 aliphatic carbocycles. The second kappa shape index (κ2) is 4.19. The topological polar surface area (TPSA) is 39.2 Å². The summed E-state index contributed by atoms with van der Waals surface area (Å²) < 4.78 is 5.70. The number of hydrogen-bond acceptors (Lipinski definition) is 3. The molecule has 0 atom stereocenters. The Morgan fingerprint density at radius 3 is 2.87 bits per heavy atom. The molecule has 0 radical (unpaired) electrons. The predicted octanol–water partition coefficient (Wildman–Crippen LogP) is 3.66. The van der Waals surface area contributed by atoms with Crippen molar-refractivity contribution in [3.05, 3.63) is 30.0 Å². The van der Waals surface area contributed by atoms with Crippen LogP contribution in [0.1, 0.15) is 19.6 Å². The van der Waals surface area contributed by atoms with Gasteiger partial charge in [0.25, 0.3) is 0 Å². The summed E-state index contributed by atoms with van der Waals surface area (Å²) in [6, 6.07) is 7.86. The van der Waals surface area contributed by atoms with Gasteiger partial charge in [-0.3, -0.25) is 0 Å². The van der Waals surface area contributed by atoms with Gasteiger partial charge in [0, 0.05) is 17.1 Å². The molecule has 2 aromatic rings. The zero-order valence-electron chi connectivity index (χ0n) is 8.99. The summed E-state index contributed by atoms with van der Waals surface area (Å²) in [5.74, 6) is 1.95. The van der Waals surface area contributed by atoms with Crippen molar-refractivity contribution in [2.45, 2.75) is 24.9 Å². The molecule has 2 nitrogen and oxygen atoms in total. The van der Waals surface area contributed by atoms with E-state index in [1.54, 1.807) is 0 Å². The van der Waals surface area contributed by atoms with E-state index in [2.05, 4.69) is 19.9 Å². The monoisotopic (exact) mass is 221 g/mol. The van der Waals surface area contributed by atoms with Crippen molar-refractivity contribution in [3.8, 4) is 0 Å². The minimum atomic E-state index is 0.628. The van der Waals surface area contributed by atoms with Gasteiger partial charge in [0.15, 0.2) is 0 Å². The van der Waals surface area contributed by atoms with Gasteiger partial charge in [-0.2, -0.15) is 11.8 Å². The van der Waals surface area contributed by atoms with Gasteiger partial charge in [-0.25, -0.2) is 0 Å². The average Bonchev–Trinajstić information content (AvgIpc) is 2.56.